The monoisotopic (exact) mass is 690 g/mol. The van der Waals surface area contributed by atoms with Crippen molar-refractivity contribution >= 4 is 49.7 Å². The molecule has 1 heterocycles. The maximum absolute atomic E-state index is 6.63. The van der Waals surface area contributed by atoms with Crippen molar-refractivity contribution in [3.05, 3.63) is 206 Å². The molecule has 254 valence electrons. The first-order chi connectivity index (χ1) is 26.8. The van der Waals surface area contributed by atoms with Crippen LogP contribution in [-0.4, -0.2) is 4.98 Å². The van der Waals surface area contributed by atoms with Crippen LogP contribution in [0.15, 0.2) is 211 Å². The van der Waals surface area contributed by atoms with Gasteiger partial charge in [0.15, 0.2) is 5.58 Å². The van der Waals surface area contributed by atoms with Gasteiger partial charge in [-0.05, 0) is 98.6 Å². The van der Waals surface area contributed by atoms with Gasteiger partial charge in [0.25, 0.3) is 0 Å². The standard InChI is InChI=1S/C51H34N2O/c1-5-17-35(18-6-1)41-25-13-14-26-42(41)43-27-15-16-28-48(43)53(39-23-11-4-12-24-39)40-30-31-44-46(34-40)45(36-19-7-2-8-20-36)33-38-29-32-47-50(49(38)44)54-51(52-47)37-21-9-3-10-22-37/h1-34H. The number of aromatic nitrogens is 1. The number of fused-ring (bicyclic) bond motifs is 5. The molecule has 3 nitrogen and oxygen atoms in total. The summed E-state index contributed by atoms with van der Waals surface area (Å²) in [5.74, 6) is 0.623. The highest BCUT2D eigenvalue weighted by molar-refractivity contribution is 6.22. The van der Waals surface area contributed by atoms with E-state index in [0.29, 0.717) is 5.89 Å². The molecule has 3 heteroatoms. The summed E-state index contributed by atoms with van der Waals surface area (Å²) < 4.78 is 6.63. The summed E-state index contributed by atoms with van der Waals surface area (Å²) in [6.07, 6.45) is 0. The van der Waals surface area contributed by atoms with Gasteiger partial charge in [-0.25, -0.2) is 4.98 Å². The topological polar surface area (TPSA) is 29.3 Å². The van der Waals surface area contributed by atoms with Crippen molar-refractivity contribution in [3.8, 4) is 44.8 Å². The van der Waals surface area contributed by atoms with Crippen LogP contribution in [0.1, 0.15) is 0 Å². The van der Waals surface area contributed by atoms with Gasteiger partial charge in [-0.1, -0.05) is 152 Å². The highest BCUT2D eigenvalue weighted by atomic mass is 16.3. The van der Waals surface area contributed by atoms with Gasteiger partial charge in [-0.2, -0.15) is 0 Å². The molecular formula is C51H34N2O. The molecule has 0 saturated carbocycles. The van der Waals surface area contributed by atoms with Gasteiger partial charge in [0.05, 0.1) is 5.69 Å². The molecule has 10 rings (SSSR count). The van der Waals surface area contributed by atoms with Gasteiger partial charge in [0.1, 0.15) is 5.52 Å². The lowest BCUT2D eigenvalue weighted by Crippen LogP contribution is -2.11. The molecule has 0 aliphatic rings. The molecule has 0 unspecified atom stereocenters. The molecule has 0 amide bonds. The van der Waals surface area contributed by atoms with Crippen molar-refractivity contribution in [2.75, 3.05) is 4.90 Å². The minimum absolute atomic E-state index is 0.623. The Morgan fingerprint density at radius 1 is 0.389 bits per heavy atom. The van der Waals surface area contributed by atoms with Crippen molar-refractivity contribution in [2.45, 2.75) is 0 Å². The number of nitrogens with zero attached hydrogens (tertiary/aromatic N) is 2. The number of para-hydroxylation sites is 2. The Labute approximate surface area is 314 Å². The second-order valence-corrected chi connectivity index (χ2v) is 13.5. The molecule has 0 spiro atoms. The van der Waals surface area contributed by atoms with E-state index in [1.807, 2.05) is 30.3 Å². The van der Waals surface area contributed by atoms with Crippen LogP contribution in [0.4, 0.5) is 17.1 Å². The Kier molecular flexibility index (Phi) is 7.81. The van der Waals surface area contributed by atoms with Crippen LogP contribution in [0.5, 0.6) is 0 Å². The minimum atomic E-state index is 0.623. The summed E-state index contributed by atoms with van der Waals surface area (Å²) in [5, 5.41) is 4.43. The molecule has 0 atom stereocenters. The molecule has 9 aromatic carbocycles. The molecule has 0 saturated heterocycles. The molecule has 0 bridgehead atoms. The summed E-state index contributed by atoms with van der Waals surface area (Å²) in [5.41, 5.74) is 12.9. The van der Waals surface area contributed by atoms with E-state index in [-0.39, 0.29) is 0 Å². The van der Waals surface area contributed by atoms with Gasteiger partial charge in [0, 0.05) is 27.9 Å². The Morgan fingerprint density at radius 2 is 0.963 bits per heavy atom. The first-order valence-corrected chi connectivity index (χ1v) is 18.3. The van der Waals surface area contributed by atoms with Crippen LogP contribution < -0.4 is 4.90 Å². The van der Waals surface area contributed by atoms with E-state index in [2.05, 4.69) is 181 Å². The van der Waals surface area contributed by atoms with Gasteiger partial charge >= 0.3 is 0 Å². The van der Waals surface area contributed by atoms with Crippen LogP contribution >= 0.6 is 0 Å². The zero-order valence-electron chi connectivity index (χ0n) is 29.4. The molecule has 0 aliphatic carbocycles. The van der Waals surface area contributed by atoms with Gasteiger partial charge in [-0.3, -0.25) is 0 Å². The number of oxazole rings is 1. The van der Waals surface area contributed by atoms with Crippen molar-refractivity contribution in [1.82, 2.24) is 4.98 Å². The molecule has 0 fully saturated rings. The Hall–Kier alpha value is -7.23. The zero-order valence-corrected chi connectivity index (χ0v) is 29.4. The fraction of sp³-hybridized carbons (Fsp3) is 0. The van der Waals surface area contributed by atoms with Gasteiger partial charge < -0.3 is 9.32 Å². The van der Waals surface area contributed by atoms with Crippen LogP contribution in [0, 0.1) is 0 Å². The fourth-order valence-electron chi connectivity index (χ4n) is 7.80. The SMILES string of the molecule is c1ccc(-c2nc3ccc4cc(-c5ccccc5)c5cc(N(c6ccccc6)c6ccccc6-c6ccccc6-c6ccccc6)ccc5c4c3o2)cc1. The van der Waals surface area contributed by atoms with E-state index < -0.39 is 0 Å². The van der Waals surface area contributed by atoms with E-state index in [1.54, 1.807) is 0 Å². The summed E-state index contributed by atoms with van der Waals surface area (Å²) in [6.45, 7) is 0. The van der Waals surface area contributed by atoms with E-state index in [4.69, 9.17) is 9.40 Å². The Bertz CT molecular complexity index is 2920. The largest absolute Gasteiger partial charge is 0.435 e. The predicted molar refractivity (Wildman–Crippen MR) is 225 cm³/mol. The third-order valence-electron chi connectivity index (χ3n) is 10.3. The highest BCUT2D eigenvalue weighted by Crippen LogP contribution is 2.46. The van der Waals surface area contributed by atoms with Gasteiger partial charge in [0.2, 0.25) is 5.89 Å². The number of hydrogen-bond acceptors (Lipinski definition) is 3. The third-order valence-corrected chi connectivity index (χ3v) is 10.3. The molecule has 54 heavy (non-hydrogen) atoms. The second kappa shape index (κ2) is 13.4. The molecular weight excluding hydrogens is 657 g/mol. The molecule has 1 aromatic heterocycles. The maximum Gasteiger partial charge on any atom is 0.227 e. The minimum Gasteiger partial charge on any atom is -0.435 e. The van der Waals surface area contributed by atoms with Crippen LogP contribution in [0.25, 0.3) is 77.5 Å². The second-order valence-electron chi connectivity index (χ2n) is 13.5. The lowest BCUT2D eigenvalue weighted by Gasteiger charge is -2.29. The van der Waals surface area contributed by atoms with Gasteiger partial charge in [-0.15, -0.1) is 0 Å². The number of rotatable bonds is 7. The van der Waals surface area contributed by atoms with E-state index in [0.717, 1.165) is 72.0 Å². The Balaban J connectivity index is 1.23. The summed E-state index contributed by atoms with van der Waals surface area (Å²) in [7, 11) is 0. The smallest absolute Gasteiger partial charge is 0.227 e. The van der Waals surface area contributed by atoms with Crippen molar-refractivity contribution < 1.29 is 4.42 Å². The first-order valence-electron chi connectivity index (χ1n) is 18.3. The molecule has 0 aliphatic heterocycles. The summed E-state index contributed by atoms with van der Waals surface area (Å²) in [6, 6.07) is 73.0. The number of anilines is 3. The first kappa shape index (κ1) is 31.5. The fourth-order valence-corrected chi connectivity index (χ4v) is 7.80. The van der Waals surface area contributed by atoms with Crippen molar-refractivity contribution in [1.29, 1.82) is 0 Å². The average molecular weight is 691 g/mol. The van der Waals surface area contributed by atoms with E-state index in [9.17, 15) is 0 Å². The number of benzene rings is 9. The maximum atomic E-state index is 6.63. The zero-order chi connectivity index (χ0) is 35.8. The average Bonchev–Trinajstić information content (AvgIpc) is 3.70. The Morgan fingerprint density at radius 3 is 1.67 bits per heavy atom. The van der Waals surface area contributed by atoms with Crippen molar-refractivity contribution in [2.24, 2.45) is 0 Å². The van der Waals surface area contributed by atoms with E-state index >= 15 is 0 Å². The summed E-state index contributed by atoms with van der Waals surface area (Å²) in [4.78, 5) is 7.33. The molecule has 0 radical (unpaired) electrons. The highest BCUT2D eigenvalue weighted by Gasteiger charge is 2.21. The van der Waals surface area contributed by atoms with E-state index in [1.165, 1.54) is 16.7 Å². The van der Waals surface area contributed by atoms with Crippen LogP contribution in [0.2, 0.25) is 0 Å². The lowest BCUT2D eigenvalue weighted by atomic mass is 9.91. The van der Waals surface area contributed by atoms with Crippen LogP contribution in [-0.2, 0) is 0 Å². The predicted octanol–water partition coefficient (Wildman–Crippen LogP) is 14.3. The molecule has 0 N–H and O–H groups in total. The van der Waals surface area contributed by atoms with Crippen molar-refractivity contribution in [3.63, 3.8) is 0 Å². The lowest BCUT2D eigenvalue weighted by molar-refractivity contribution is 0.623. The quantitative estimate of drug-likeness (QED) is 0.156. The third kappa shape index (κ3) is 5.51. The number of hydrogen-bond donors (Lipinski definition) is 0. The normalized spacial score (nSPS) is 11.3. The summed E-state index contributed by atoms with van der Waals surface area (Å²) >= 11 is 0. The molecule has 10 aromatic rings. The van der Waals surface area contributed by atoms with Crippen LogP contribution in [0.3, 0.4) is 0 Å².